The van der Waals surface area contributed by atoms with Crippen molar-refractivity contribution in [2.75, 3.05) is 36.4 Å². The summed E-state index contributed by atoms with van der Waals surface area (Å²) in [6.07, 6.45) is -2.66. The number of para-hydroxylation sites is 1. The number of aromatic amines is 1. The van der Waals surface area contributed by atoms with Gasteiger partial charge in [-0.2, -0.15) is 13.2 Å². The molecule has 2 heterocycles. The van der Waals surface area contributed by atoms with Crippen LogP contribution < -0.4 is 15.2 Å². The summed E-state index contributed by atoms with van der Waals surface area (Å²) >= 11 is 0. The van der Waals surface area contributed by atoms with E-state index in [0.29, 0.717) is 32.0 Å². The molecule has 2 N–H and O–H groups in total. The number of alkyl halides is 3. The minimum atomic E-state index is -4.36. The first-order valence-electron chi connectivity index (χ1n) is 8.38. The normalized spacial score (nSPS) is 15.5. The molecule has 5 nitrogen and oxygen atoms in total. The second-order valence-corrected chi connectivity index (χ2v) is 6.08. The summed E-state index contributed by atoms with van der Waals surface area (Å²) in [5.41, 5.74) is 0.0228. The van der Waals surface area contributed by atoms with Crippen LogP contribution in [0, 0.1) is 0 Å². The van der Waals surface area contributed by atoms with E-state index in [9.17, 15) is 18.0 Å². The molecule has 26 heavy (non-hydrogen) atoms. The molecule has 3 rings (SSSR count). The molecule has 0 unspecified atom stereocenters. The highest BCUT2D eigenvalue weighted by Gasteiger charge is 2.32. The van der Waals surface area contributed by atoms with Crippen molar-refractivity contribution >= 4 is 17.5 Å². The fourth-order valence-electron chi connectivity index (χ4n) is 2.88. The zero-order chi connectivity index (χ0) is 18.6. The van der Waals surface area contributed by atoms with Gasteiger partial charge in [0.25, 0.3) is 5.82 Å². The lowest BCUT2D eigenvalue weighted by molar-refractivity contribution is -0.367. The molecular formula is C18H20F3N4O+. The quantitative estimate of drug-likeness (QED) is 0.888. The van der Waals surface area contributed by atoms with E-state index in [4.69, 9.17) is 0 Å². The molecule has 0 bridgehead atoms. The van der Waals surface area contributed by atoms with Crippen LogP contribution in [0.2, 0.25) is 0 Å². The van der Waals surface area contributed by atoms with Gasteiger partial charge >= 0.3 is 12.2 Å². The van der Waals surface area contributed by atoms with Crippen molar-refractivity contribution in [3.8, 4) is 0 Å². The molecule has 1 aromatic heterocycles. The zero-order valence-corrected chi connectivity index (χ0v) is 14.1. The van der Waals surface area contributed by atoms with Gasteiger partial charge in [-0.3, -0.25) is 4.90 Å². The first kappa shape index (κ1) is 18.0. The third-order valence-electron chi connectivity index (χ3n) is 4.27. The van der Waals surface area contributed by atoms with E-state index in [0.717, 1.165) is 24.4 Å². The first-order valence-corrected chi connectivity index (χ1v) is 8.38. The van der Waals surface area contributed by atoms with Gasteiger partial charge in [0.15, 0.2) is 0 Å². The number of hydrogen-bond acceptors (Lipinski definition) is 2. The molecule has 8 heteroatoms. The van der Waals surface area contributed by atoms with Crippen LogP contribution in [-0.4, -0.2) is 37.1 Å². The Labute approximate surface area is 149 Å². The maximum absolute atomic E-state index is 12.7. The lowest BCUT2D eigenvalue weighted by atomic mass is 10.2. The van der Waals surface area contributed by atoms with Crippen molar-refractivity contribution in [2.45, 2.75) is 12.6 Å². The molecule has 1 saturated heterocycles. The van der Waals surface area contributed by atoms with Crippen molar-refractivity contribution in [3.05, 3.63) is 54.2 Å². The molecule has 2 aromatic rings. The van der Waals surface area contributed by atoms with Crippen molar-refractivity contribution in [2.24, 2.45) is 0 Å². The lowest BCUT2D eigenvalue weighted by Gasteiger charge is -2.20. The Morgan fingerprint density at radius 1 is 1.00 bits per heavy atom. The first-order chi connectivity index (χ1) is 12.4. The van der Waals surface area contributed by atoms with E-state index in [1.54, 1.807) is 4.90 Å². The highest BCUT2D eigenvalue weighted by Crippen LogP contribution is 2.28. The Morgan fingerprint density at radius 2 is 1.77 bits per heavy atom. The number of carbonyl (C=O) groups is 1. The smallest absolute Gasteiger partial charge is 0.320 e. The molecule has 1 aliphatic heterocycles. The number of nitrogens with one attached hydrogen (secondary N) is 2. The maximum Gasteiger partial charge on any atom is 0.419 e. The topological polar surface area (TPSA) is 49.7 Å². The molecule has 1 aliphatic rings. The number of rotatable bonds is 2. The fourth-order valence-corrected chi connectivity index (χ4v) is 2.88. The van der Waals surface area contributed by atoms with Crippen LogP contribution in [0.3, 0.4) is 0 Å². The summed E-state index contributed by atoms with van der Waals surface area (Å²) in [5.74, 6) is 0.614. The van der Waals surface area contributed by atoms with Gasteiger partial charge in [-0.05, 0) is 18.2 Å². The van der Waals surface area contributed by atoms with E-state index in [-0.39, 0.29) is 6.03 Å². The summed E-state index contributed by atoms with van der Waals surface area (Å²) in [7, 11) is 0. The zero-order valence-electron chi connectivity index (χ0n) is 14.1. The maximum atomic E-state index is 12.7. The average Bonchev–Trinajstić information content (AvgIpc) is 2.88. The second kappa shape index (κ2) is 7.63. The van der Waals surface area contributed by atoms with Crippen molar-refractivity contribution in [1.82, 2.24) is 4.90 Å². The summed E-state index contributed by atoms with van der Waals surface area (Å²) < 4.78 is 38.0. The predicted molar refractivity (Wildman–Crippen MR) is 91.9 cm³/mol. The van der Waals surface area contributed by atoms with E-state index in [1.807, 2.05) is 35.2 Å². The van der Waals surface area contributed by atoms with E-state index in [2.05, 4.69) is 10.3 Å². The number of pyridine rings is 1. The molecule has 0 atom stereocenters. The number of urea groups is 1. The Bertz CT molecular complexity index is 734. The molecule has 0 aliphatic carbocycles. The summed E-state index contributed by atoms with van der Waals surface area (Å²) in [6.45, 7) is 2.30. The van der Waals surface area contributed by atoms with Crippen LogP contribution in [0.25, 0.3) is 0 Å². The summed E-state index contributed by atoms with van der Waals surface area (Å²) in [4.78, 5) is 18.8. The highest BCUT2D eigenvalue weighted by atomic mass is 19.4. The minimum Gasteiger partial charge on any atom is -0.320 e. The third kappa shape index (κ3) is 4.44. The second-order valence-electron chi connectivity index (χ2n) is 6.08. The van der Waals surface area contributed by atoms with Gasteiger partial charge in [0, 0.05) is 24.7 Å². The van der Waals surface area contributed by atoms with E-state index < -0.39 is 11.7 Å². The number of benzene rings is 1. The highest BCUT2D eigenvalue weighted by molar-refractivity contribution is 5.89. The summed E-state index contributed by atoms with van der Waals surface area (Å²) in [6, 6.07) is 11.5. The number of carbonyl (C=O) groups excluding carboxylic acids is 1. The molecule has 1 aromatic carbocycles. The Hall–Kier alpha value is -2.77. The molecule has 1 fully saturated rings. The number of hydrogen-bond donors (Lipinski definition) is 1. The molecule has 138 valence electrons. The van der Waals surface area contributed by atoms with Gasteiger partial charge in [-0.1, -0.05) is 18.2 Å². The number of halogens is 3. The van der Waals surface area contributed by atoms with Crippen LogP contribution in [0.15, 0.2) is 48.7 Å². The number of nitrogens with zero attached hydrogens (tertiary/aromatic N) is 2. The SMILES string of the molecule is O=C(Nc1ccccc1)N1CCCN(c2ccc(C(F)(F)F)c[nH+]2)CC1. The Kier molecular flexibility index (Phi) is 5.29. The fraction of sp³-hybridized carbons (Fsp3) is 0.333. The lowest BCUT2D eigenvalue weighted by Crippen LogP contribution is -2.38. The Morgan fingerprint density at radius 3 is 2.42 bits per heavy atom. The van der Waals surface area contributed by atoms with E-state index in [1.165, 1.54) is 6.07 Å². The van der Waals surface area contributed by atoms with Gasteiger partial charge in [0.2, 0.25) is 0 Å². The molecule has 0 spiro atoms. The van der Waals surface area contributed by atoms with Gasteiger partial charge in [0.1, 0.15) is 12.7 Å². The van der Waals surface area contributed by atoms with Crippen LogP contribution >= 0.6 is 0 Å². The van der Waals surface area contributed by atoms with Gasteiger partial charge < -0.3 is 10.2 Å². The molecule has 0 saturated carbocycles. The number of H-pyrrole nitrogens is 1. The predicted octanol–water partition coefficient (Wildman–Crippen LogP) is 3.26. The van der Waals surface area contributed by atoms with Crippen molar-refractivity contribution in [1.29, 1.82) is 0 Å². The Balaban J connectivity index is 1.60. The largest absolute Gasteiger partial charge is 0.419 e. The molecule has 2 amide bonds. The van der Waals surface area contributed by atoms with Gasteiger partial charge in [-0.25, -0.2) is 9.78 Å². The standard InChI is InChI=1S/C18H19F3N4O/c19-18(20,21)14-7-8-16(22-13-14)24-9-4-10-25(12-11-24)17(26)23-15-5-2-1-3-6-15/h1-3,5-8,13H,4,9-12H2,(H,23,26)/p+1. The monoisotopic (exact) mass is 365 g/mol. The van der Waals surface area contributed by atoms with Crippen LogP contribution in [0.5, 0.6) is 0 Å². The van der Waals surface area contributed by atoms with Crippen LogP contribution in [0.4, 0.5) is 29.5 Å². The van der Waals surface area contributed by atoms with Gasteiger partial charge in [-0.15, -0.1) is 0 Å². The summed E-state index contributed by atoms with van der Waals surface area (Å²) in [5, 5.41) is 2.85. The van der Waals surface area contributed by atoms with Crippen LogP contribution in [0.1, 0.15) is 12.0 Å². The van der Waals surface area contributed by atoms with Gasteiger partial charge in [0.05, 0.1) is 18.7 Å². The minimum absolute atomic E-state index is 0.172. The van der Waals surface area contributed by atoms with Crippen molar-refractivity contribution < 1.29 is 22.9 Å². The molecular weight excluding hydrogens is 345 g/mol. The third-order valence-corrected chi connectivity index (χ3v) is 4.27. The molecule has 0 radical (unpaired) electrons. The number of aromatic nitrogens is 1. The average molecular weight is 365 g/mol. The van der Waals surface area contributed by atoms with Crippen molar-refractivity contribution in [3.63, 3.8) is 0 Å². The number of anilines is 2. The van der Waals surface area contributed by atoms with Crippen LogP contribution in [-0.2, 0) is 6.18 Å². The number of amides is 2. The van der Waals surface area contributed by atoms with E-state index >= 15 is 0 Å².